The van der Waals surface area contributed by atoms with Gasteiger partial charge in [-0.1, -0.05) is 36.4 Å². The van der Waals surface area contributed by atoms with Crippen LogP contribution in [0.15, 0.2) is 79.1 Å². The third-order valence-corrected chi connectivity index (χ3v) is 5.80. The second kappa shape index (κ2) is 11.5. The van der Waals surface area contributed by atoms with Crippen LogP contribution in [-0.2, 0) is 4.79 Å². The zero-order valence-electron chi connectivity index (χ0n) is 19.2. The van der Waals surface area contributed by atoms with Crippen LogP contribution in [0, 0.1) is 5.82 Å². The van der Waals surface area contributed by atoms with Gasteiger partial charge in [-0.15, -0.1) is 0 Å². The Morgan fingerprint density at radius 3 is 2.62 bits per heavy atom. The molecule has 2 heterocycles. The standard InChI is InChI=1S/C27H29FN4O2/c1-31-14-16-32(17-15-31)20-25(22-6-3-2-4-7-22)30-27(33)12-10-21-9-11-26(24(28)18-21)34-23-8-5-13-29-19-23/h2-13,18-19,25H,14-17,20H2,1H3,(H,30,33)/b12-10+. The van der Waals surface area contributed by atoms with Crippen molar-refractivity contribution in [2.45, 2.75) is 6.04 Å². The molecule has 1 atom stereocenters. The molecule has 34 heavy (non-hydrogen) atoms. The Bertz CT molecular complexity index is 1100. The van der Waals surface area contributed by atoms with Crippen LogP contribution < -0.4 is 10.1 Å². The fourth-order valence-electron chi connectivity index (χ4n) is 3.84. The lowest BCUT2D eigenvalue weighted by atomic mass is 10.1. The first kappa shape index (κ1) is 23.6. The number of likely N-dealkylation sites (N-methyl/N-ethyl adjacent to an activating group) is 1. The van der Waals surface area contributed by atoms with Crippen molar-refractivity contribution in [3.05, 3.63) is 96.1 Å². The van der Waals surface area contributed by atoms with Crippen molar-refractivity contribution in [2.75, 3.05) is 39.8 Å². The number of hydrogen-bond donors (Lipinski definition) is 1. The summed E-state index contributed by atoms with van der Waals surface area (Å²) in [6, 6.07) is 17.9. The Kier molecular flexibility index (Phi) is 8.01. The zero-order chi connectivity index (χ0) is 23.8. The van der Waals surface area contributed by atoms with E-state index in [9.17, 15) is 9.18 Å². The van der Waals surface area contributed by atoms with Gasteiger partial charge in [0, 0.05) is 45.0 Å². The molecule has 1 aromatic heterocycles. The molecule has 1 fully saturated rings. The first-order chi connectivity index (χ1) is 16.6. The van der Waals surface area contributed by atoms with Crippen LogP contribution in [0.3, 0.4) is 0 Å². The number of halogens is 1. The highest BCUT2D eigenvalue weighted by Crippen LogP contribution is 2.25. The summed E-state index contributed by atoms with van der Waals surface area (Å²) in [5, 5.41) is 3.11. The zero-order valence-corrected chi connectivity index (χ0v) is 19.2. The predicted octanol–water partition coefficient (Wildman–Crippen LogP) is 4.13. The van der Waals surface area contributed by atoms with Gasteiger partial charge in [0.05, 0.1) is 12.2 Å². The van der Waals surface area contributed by atoms with E-state index in [4.69, 9.17) is 4.74 Å². The number of nitrogens with one attached hydrogen (secondary N) is 1. The van der Waals surface area contributed by atoms with Crippen LogP contribution in [0.4, 0.5) is 4.39 Å². The van der Waals surface area contributed by atoms with Gasteiger partial charge in [0.2, 0.25) is 5.91 Å². The quantitative estimate of drug-likeness (QED) is 0.513. The molecule has 1 saturated heterocycles. The van der Waals surface area contributed by atoms with Gasteiger partial charge in [-0.3, -0.25) is 14.7 Å². The van der Waals surface area contributed by atoms with Crippen LogP contribution in [0.25, 0.3) is 6.08 Å². The summed E-state index contributed by atoms with van der Waals surface area (Å²) in [4.78, 5) is 21.4. The monoisotopic (exact) mass is 460 g/mol. The average Bonchev–Trinajstić information content (AvgIpc) is 2.86. The van der Waals surface area contributed by atoms with E-state index in [1.165, 1.54) is 18.3 Å². The van der Waals surface area contributed by atoms with Crippen LogP contribution in [0.2, 0.25) is 0 Å². The molecule has 176 valence electrons. The van der Waals surface area contributed by atoms with Crippen LogP contribution in [-0.4, -0.2) is 60.5 Å². The highest BCUT2D eigenvalue weighted by Gasteiger charge is 2.20. The maximum absolute atomic E-state index is 14.5. The Balaban J connectivity index is 1.39. The second-order valence-electron chi connectivity index (χ2n) is 8.39. The summed E-state index contributed by atoms with van der Waals surface area (Å²) in [5.74, 6) is -0.176. The summed E-state index contributed by atoms with van der Waals surface area (Å²) in [6.07, 6.45) is 6.18. The van der Waals surface area contributed by atoms with Crippen LogP contribution in [0.5, 0.6) is 11.5 Å². The smallest absolute Gasteiger partial charge is 0.244 e. The minimum atomic E-state index is -0.511. The van der Waals surface area contributed by atoms with E-state index < -0.39 is 5.82 Å². The Morgan fingerprint density at radius 1 is 1.12 bits per heavy atom. The summed E-state index contributed by atoms with van der Waals surface area (Å²) in [7, 11) is 2.12. The molecule has 0 bridgehead atoms. The van der Waals surface area contributed by atoms with Gasteiger partial charge in [-0.05, 0) is 48.5 Å². The normalized spacial score (nSPS) is 15.8. The molecule has 0 saturated carbocycles. The van der Waals surface area contributed by atoms with E-state index in [0.717, 1.165) is 38.3 Å². The molecule has 0 spiro atoms. The molecule has 6 nitrogen and oxygen atoms in total. The fourth-order valence-corrected chi connectivity index (χ4v) is 3.84. The molecule has 4 rings (SSSR count). The average molecular weight is 461 g/mol. The number of aromatic nitrogens is 1. The van der Waals surface area contributed by atoms with Gasteiger partial charge in [0.15, 0.2) is 11.6 Å². The number of benzene rings is 2. The highest BCUT2D eigenvalue weighted by molar-refractivity contribution is 5.92. The SMILES string of the molecule is CN1CCN(CC(NC(=O)/C=C/c2ccc(Oc3cccnc3)c(F)c2)c2ccccc2)CC1. The van der Waals surface area contributed by atoms with Crippen LogP contribution in [0.1, 0.15) is 17.2 Å². The molecule has 1 unspecified atom stereocenters. The number of carbonyl (C=O) groups is 1. The summed E-state index contributed by atoms with van der Waals surface area (Å²) in [6.45, 7) is 4.71. The lowest BCUT2D eigenvalue weighted by Gasteiger charge is -2.34. The Labute approximate surface area is 199 Å². The van der Waals surface area contributed by atoms with Gasteiger partial charge >= 0.3 is 0 Å². The van der Waals surface area contributed by atoms with Gasteiger partial charge in [-0.2, -0.15) is 0 Å². The van der Waals surface area contributed by atoms with E-state index >= 15 is 0 Å². The molecule has 3 aromatic rings. The maximum atomic E-state index is 14.5. The molecular weight excluding hydrogens is 431 g/mol. The summed E-state index contributed by atoms with van der Waals surface area (Å²) in [5.41, 5.74) is 1.63. The van der Waals surface area contributed by atoms with Crippen molar-refractivity contribution in [2.24, 2.45) is 0 Å². The molecule has 1 aliphatic rings. The number of hydrogen-bond acceptors (Lipinski definition) is 5. The summed E-state index contributed by atoms with van der Waals surface area (Å²) < 4.78 is 20.0. The van der Waals surface area contributed by atoms with Gasteiger partial charge < -0.3 is 15.0 Å². The first-order valence-corrected chi connectivity index (χ1v) is 11.4. The van der Waals surface area contributed by atoms with Gasteiger partial charge in [0.1, 0.15) is 5.75 Å². The second-order valence-corrected chi connectivity index (χ2v) is 8.39. The molecule has 1 amide bonds. The number of piperazine rings is 1. The first-order valence-electron chi connectivity index (χ1n) is 11.4. The van der Waals surface area contributed by atoms with E-state index in [2.05, 4.69) is 27.1 Å². The van der Waals surface area contributed by atoms with E-state index in [1.54, 1.807) is 36.5 Å². The third kappa shape index (κ3) is 6.73. The van der Waals surface area contributed by atoms with Crippen molar-refractivity contribution < 1.29 is 13.9 Å². The van der Waals surface area contributed by atoms with Gasteiger partial charge in [-0.25, -0.2) is 4.39 Å². The molecule has 2 aromatic carbocycles. The largest absolute Gasteiger partial charge is 0.453 e. The topological polar surface area (TPSA) is 57.7 Å². The molecule has 1 N–H and O–H groups in total. The minimum absolute atomic E-state index is 0.103. The molecule has 0 radical (unpaired) electrons. The Hall–Kier alpha value is -3.55. The summed E-state index contributed by atoms with van der Waals surface area (Å²) >= 11 is 0. The third-order valence-electron chi connectivity index (χ3n) is 5.80. The molecule has 0 aliphatic carbocycles. The molecule has 1 aliphatic heterocycles. The molecular formula is C27H29FN4O2. The number of amides is 1. The predicted molar refractivity (Wildman–Crippen MR) is 131 cm³/mol. The fraction of sp³-hybridized carbons (Fsp3) is 0.259. The van der Waals surface area contributed by atoms with Crippen molar-refractivity contribution in [3.8, 4) is 11.5 Å². The molecule has 7 heteroatoms. The van der Waals surface area contributed by atoms with E-state index in [0.29, 0.717) is 11.3 Å². The number of rotatable bonds is 8. The van der Waals surface area contributed by atoms with E-state index in [1.807, 2.05) is 30.3 Å². The van der Waals surface area contributed by atoms with Crippen molar-refractivity contribution in [1.29, 1.82) is 0 Å². The minimum Gasteiger partial charge on any atom is -0.453 e. The van der Waals surface area contributed by atoms with Gasteiger partial charge in [0.25, 0.3) is 0 Å². The number of nitrogens with zero attached hydrogens (tertiary/aromatic N) is 3. The Morgan fingerprint density at radius 2 is 1.91 bits per heavy atom. The van der Waals surface area contributed by atoms with E-state index in [-0.39, 0.29) is 17.7 Å². The van der Waals surface area contributed by atoms with Crippen molar-refractivity contribution in [1.82, 2.24) is 20.1 Å². The number of carbonyl (C=O) groups excluding carboxylic acids is 1. The maximum Gasteiger partial charge on any atom is 0.244 e. The lowest BCUT2D eigenvalue weighted by molar-refractivity contribution is -0.117. The number of pyridine rings is 1. The van der Waals surface area contributed by atoms with Crippen molar-refractivity contribution in [3.63, 3.8) is 0 Å². The van der Waals surface area contributed by atoms with Crippen molar-refractivity contribution >= 4 is 12.0 Å². The number of ether oxygens (including phenoxy) is 1. The van der Waals surface area contributed by atoms with Crippen LogP contribution >= 0.6 is 0 Å². The highest BCUT2D eigenvalue weighted by atomic mass is 19.1. The lowest BCUT2D eigenvalue weighted by Crippen LogP contribution is -2.47.